The molecular formula is C14H9F8NO. The summed E-state index contributed by atoms with van der Waals surface area (Å²) in [5.74, 6) is -6.50. The van der Waals surface area contributed by atoms with Gasteiger partial charge < -0.3 is 4.74 Å². The molecule has 0 aromatic heterocycles. The second-order valence-corrected chi connectivity index (χ2v) is 4.56. The van der Waals surface area contributed by atoms with Crippen LogP contribution in [-0.2, 0) is 0 Å². The molecular weight excluding hydrogens is 350 g/mol. The number of allylic oxidation sites excluding steroid dienone is 1. The Hall–Kier alpha value is -2.31. The van der Waals surface area contributed by atoms with Crippen molar-refractivity contribution in [1.82, 2.24) is 0 Å². The standard InChI is InChI=1S/C14H9F8NO/c15-11(8-12(16,17)18)13(19,20)14(21,22)24-10-5-3-9(4-6-10)2-1-7-23/h1-6,11H,8H2. The Labute approximate surface area is 130 Å². The van der Waals surface area contributed by atoms with Gasteiger partial charge in [0, 0.05) is 6.08 Å². The molecule has 0 heterocycles. The zero-order valence-corrected chi connectivity index (χ0v) is 11.6. The van der Waals surface area contributed by atoms with Crippen LogP contribution in [0.25, 0.3) is 6.08 Å². The Kier molecular flexibility index (Phi) is 5.81. The van der Waals surface area contributed by atoms with Crippen molar-refractivity contribution < 1.29 is 39.9 Å². The average Bonchev–Trinajstić information content (AvgIpc) is 2.44. The first-order valence-electron chi connectivity index (χ1n) is 6.21. The molecule has 0 bridgehead atoms. The van der Waals surface area contributed by atoms with Crippen molar-refractivity contribution in [3.8, 4) is 11.8 Å². The van der Waals surface area contributed by atoms with Crippen molar-refractivity contribution in [3.05, 3.63) is 35.9 Å². The number of halogens is 8. The van der Waals surface area contributed by atoms with Crippen molar-refractivity contribution >= 4 is 6.08 Å². The maximum Gasteiger partial charge on any atom is 0.467 e. The zero-order valence-electron chi connectivity index (χ0n) is 11.6. The number of benzene rings is 1. The molecule has 132 valence electrons. The summed E-state index contributed by atoms with van der Waals surface area (Å²) in [6, 6.07) is 5.54. The van der Waals surface area contributed by atoms with Gasteiger partial charge in [0.05, 0.1) is 12.5 Å². The molecule has 0 spiro atoms. The third-order valence-corrected chi connectivity index (χ3v) is 2.67. The van der Waals surface area contributed by atoms with E-state index in [2.05, 4.69) is 4.74 Å². The first-order chi connectivity index (χ1) is 10.9. The summed E-state index contributed by atoms with van der Waals surface area (Å²) in [7, 11) is 0. The molecule has 0 fully saturated rings. The van der Waals surface area contributed by atoms with Crippen LogP contribution in [-0.4, -0.2) is 24.4 Å². The van der Waals surface area contributed by atoms with Crippen LogP contribution in [0.3, 0.4) is 0 Å². The summed E-state index contributed by atoms with van der Waals surface area (Å²) in [5, 5.41) is 8.30. The molecule has 24 heavy (non-hydrogen) atoms. The first-order valence-corrected chi connectivity index (χ1v) is 6.21. The predicted octanol–water partition coefficient (Wildman–Crippen LogP) is 5.12. The van der Waals surface area contributed by atoms with E-state index in [9.17, 15) is 35.1 Å². The number of hydrogen-bond donors (Lipinski definition) is 0. The molecule has 0 aliphatic carbocycles. The molecule has 0 saturated heterocycles. The molecule has 0 amide bonds. The number of rotatable bonds is 6. The Morgan fingerprint density at radius 2 is 1.58 bits per heavy atom. The van der Waals surface area contributed by atoms with Crippen molar-refractivity contribution in [3.63, 3.8) is 0 Å². The average molecular weight is 359 g/mol. The topological polar surface area (TPSA) is 33.0 Å². The predicted molar refractivity (Wildman–Crippen MR) is 67.2 cm³/mol. The highest BCUT2D eigenvalue weighted by atomic mass is 19.4. The second-order valence-electron chi connectivity index (χ2n) is 4.56. The van der Waals surface area contributed by atoms with E-state index in [1.54, 1.807) is 6.07 Å². The highest BCUT2D eigenvalue weighted by Gasteiger charge is 2.66. The molecule has 1 aromatic rings. The fourth-order valence-corrected chi connectivity index (χ4v) is 1.51. The Bertz CT molecular complexity index is 615. The Balaban J connectivity index is 2.91. The summed E-state index contributed by atoms with van der Waals surface area (Å²) in [5.41, 5.74) is 0.347. The third-order valence-electron chi connectivity index (χ3n) is 2.67. The Morgan fingerprint density at radius 1 is 1.04 bits per heavy atom. The lowest BCUT2D eigenvalue weighted by atomic mass is 10.1. The van der Waals surface area contributed by atoms with Crippen molar-refractivity contribution in [2.75, 3.05) is 0 Å². The summed E-state index contributed by atoms with van der Waals surface area (Å²) in [6.45, 7) is 0. The summed E-state index contributed by atoms with van der Waals surface area (Å²) >= 11 is 0. The first kappa shape index (κ1) is 19.7. The van der Waals surface area contributed by atoms with Gasteiger partial charge in [-0.15, -0.1) is 0 Å². The fraction of sp³-hybridized carbons (Fsp3) is 0.357. The lowest BCUT2D eigenvalue weighted by Gasteiger charge is -2.29. The molecule has 10 heteroatoms. The monoisotopic (exact) mass is 359 g/mol. The van der Waals surface area contributed by atoms with Gasteiger partial charge in [-0.2, -0.15) is 36.0 Å². The van der Waals surface area contributed by atoms with Crippen LogP contribution in [0.4, 0.5) is 35.1 Å². The smallest absolute Gasteiger partial charge is 0.428 e. The van der Waals surface area contributed by atoms with Crippen LogP contribution in [0.2, 0.25) is 0 Å². The maximum atomic E-state index is 13.4. The number of nitrogens with zero attached hydrogens (tertiary/aromatic N) is 1. The molecule has 0 radical (unpaired) electrons. The van der Waals surface area contributed by atoms with E-state index in [-0.39, 0.29) is 0 Å². The molecule has 0 aliphatic heterocycles. The fourth-order valence-electron chi connectivity index (χ4n) is 1.51. The van der Waals surface area contributed by atoms with E-state index in [1.807, 2.05) is 0 Å². The zero-order chi connectivity index (χ0) is 18.6. The van der Waals surface area contributed by atoms with E-state index in [4.69, 9.17) is 5.26 Å². The van der Waals surface area contributed by atoms with Crippen LogP contribution < -0.4 is 4.74 Å². The van der Waals surface area contributed by atoms with Gasteiger partial charge in [-0.3, -0.25) is 0 Å². The van der Waals surface area contributed by atoms with Gasteiger partial charge in [-0.05, 0) is 23.8 Å². The largest absolute Gasteiger partial charge is 0.467 e. The van der Waals surface area contributed by atoms with Crippen LogP contribution in [0.1, 0.15) is 12.0 Å². The minimum atomic E-state index is -5.69. The second kappa shape index (κ2) is 7.07. The lowest BCUT2D eigenvalue weighted by Crippen LogP contribution is -2.52. The van der Waals surface area contributed by atoms with Gasteiger partial charge in [-0.25, -0.2) is 4.39 Å². The van der Waals surface area contributed by atoms with Crippen molar-refractivity contribution in [2.24, 2.45) is 0 Å². The van der Waals surface area contributed by atoms with Gasteiger partial charge in [0.15, 0.2) is 6.17 Å². The number of ether oxygens (including phenoxy) is 1. The summed E-state index contributed by atoms with van der Waals surface area (Å²) < 4.78 is 106. The molecule has 2 nitrogen and oxygen atoms in total. The van der Waals surface area contributed by atoms with Gasteiger partial charge in [0.25, 0.3) is 0 Å². The molecule has 1 atom stereocenters. The lowest BCUT2D eigenvalue weighted by molar-refractivity contribution is -0.334. The van der Waals surface area contributed by atoms with Gasteiger partial charge in [-0.1, -0.05) is 12.1 Å². The number of nitriles is 1. The van der Waals surface area contributed by atoms with E-state index < -0.39 is 36.5 Å². The van der Waals surface area contributed by atoms with Gasteiger partial charge >= 0.3 is 18.2 Å². The number of alkyl halides is 8. The highest BCUT2D eigenvalue weighted by Crippen LogP contribution is 2.43. The van der Waals surface area contributed by atoms with Crippen LogP contribution in [0.15, 0.2) is 30.3 Å². The highest BCUT2D eigenvalue weighted by molar-refractivity contribution is 5.52. The molecule has 0 saturated carbocycles. The minimum absolute atomic E-state index is 0.347. The third kappa shape index (κ3) is 5.11. The molecule has 1 unspecified atom stereocenters. The number of hydrogen-bond acceptors (Lipinski definition) is 2. The van der Waals surface area contributed by atoms with Crippen LogP contribution in [0, 0.1) is 11.3 Å². The molecule has 0 N–H and O–H groups in total. The van der Waals surface area contributed by atoms with E-state index in [1.165, 1.54) is 6.08 Å². The quantitative estimate of drug-likeness (QED) is 0.522. The van der Waals surface area contributed by atoms with E-state index in [0.717, 1.165) is 30.3 Å². The normalized spacial score (nSPS) is 14.5. The summed E-state index contributed by atoms with van der Waals surface area (Å²) in [6.07, 6.45) is -15.5. The maximum absolute atomic E-state index is 13.4. The van der Waals surface area contributed by atoms with Crippen molar-refractivity contribution in [1.29, 1.82) is 5.26 Å². The van der Waals surface area contributed by atoms with Crippen LogP contribution in [0.5, 0.6) is 5.75 Å². The van der Waals surface area contributed by atoms with Crippen molar-refractivity contribution in [2.45, 2.75) is 30.8 Å². The Morgan fingerprint density at radius 3 is 2.04 bits per heavy atom. The van der Waals surface area contributed by atoms with E-state index >= 15 is 0 Å². The van der Waals surface area contributed by atoms with Gasteiger partial charge in [0.2, 0.25) is 0 Å². The SMILES string of the molecule is N#CC=Cc1ccc(OC(F)(F)C(F)(F)C(F)CC(F)(F)F)cc1. The molecule has 0 aliphatic rings. The van der Waals surface area contributed by atoms with E-state index in [0.29, 0.717) is 5.56 Å². The summed E-state index contributed by atoms with van der Waals surface area (Å²) in [4.78, 5) is 0. The van der Waals surface area contributed by atoms with Gasteiger partial charge in [0.1, 0.15) is 5.75 Å². The molecule has 1 aromatic carbocycles. The minimum Gasteiger partial charge on any atom is -0.428 e. The van der Waals surface area contributed by atoms with Crippen LogP contribution >= 0.6 is 0 Å². The molecule has 1 rings (SSSR count).